The van der Waals surface area contributed by atoms with Crippen molar-refractivity contribution in [3.8, 4) is 11.3 Å². The molecule has 1 amide bonds. The minimum absolute atomic E-state index is 0.116. The number of pyridine rings is 1. The predicted octanol–water partition coefficient (Wildman–Crippen LogP) is 6.00. The largest absolute Gasteiger partial charge is 0.354 e. The van der Waals surface area contributed by atoms with Gasteiger partial charge in [0.2, 0.25) is 5.91 Å². The van der Waals surface area contributed by atoms with Gasteiger partial charge in [0.1, 0.15) is 0 Å². The topological polar surface area (TPSA) is 61.0 Å². The molecule has 2 N–H and O–H groups in total. The molecule has 0 spiro atoms. The number of carbonyl (C=O) groups excluding carboxylic acids is 1. The first-order valence-electron chi connectivity index (χ1n) is 12.7. The minimum Gasteiger partial charge on any atom is -0.354 e. The van der Waals surface area contributed by atoms with Crippen LogP contribution in [0.4, 0.5) is 0 Å². The summed E-state index contributed by atoms with van der Waals surface area (Å²) in [5.74, 6) is 1.10. The third-order valence-corrected chi connectivity index (χ3v) is 6.87. The number of amides is 1. The molecular formula is C29H40N4O. The maximum Gasteiger partial charge on any atom is 0.234 e. The number of piperidine rings is 1. The molecule has 0 atom stereocenters. The molecular weight excluding hydrogens is 420 g/mol. The van der Waals surface area contributed by atoms with Crippen LogP contribution in [0.15, 0.2) is 36.5 Å². The molecule has 0 saturated carbocycles. The van der Waals surface area contributed by atoms with Crippen molar-refractivity contribution in [2.75, 3.05) is 26.2 Å². The third-order valence-electron chi connectivity index (χ3n) is 6.87. The average Bonchev–Trinajstić information content (AvgIpc) is 3.17. The Labute approximate surface area is 204 Å². The highest BCUT2D eigenvalue weighted by Crippen LogP contribution is 2.38. The van der Waals surface area contributed by atoms with Gasteiger partial charge in [0, 0.05) is 34.9 Å². The number of nitrogens with one attached hydrogen (secondary N) is 2. The molecule has 2 aromatic heterocycles. The van der Waals surface area contributed by atoms with E-state index in [2.05, 4.69) is 85.1 Å². The van der Waals surface area contributed by atoms with Crippen LogP contribution in [0, 0.1) is 12.3 Å². The standard InChI is InChI=1S/C29H40N4O/c1-19(2)27-24-16-22(7-8-25(24)32-28(27)23-9-12-30-20(3)15-23)21-10-13-33(14-11-21)17-26(34)31-18-29(4,5)6/h7-9,12,15-16,19,21,32H,10-11,13-14,17-18H2,1-6H3,(H,31,34). The van der Waals surface area contributed by atoms with E-state index < -0.39 is 0 Å². The lowest BCUT2D eigenvalue weighted by Gasteiger charge is -2.32. The van der Waals surface area contributed by atoms with E-state index in [0.29, 0.717) is 18.4 Å². The second-order valence-electron chi connectivity index (χ2n) is 11.4. The summed E-state index contributed by atoms with van der Waals surface area (Å²) in [6.45, 7) is 16.2. The number of fused-ring (bicyclic) bond motifs is 1. The molecule has 3 heterocycles. The van der Waals surface area contributed by atoms with E-state index in [1.165, 1.54) is 33.3 Å². The van der Waals surface area contributed by atoms with Crippen LogP contribution in [0.25, 0.3) is 22.2 Å². The van der Waals surface area contributed by atoms with Gasteiger partial charge in [-0.1, -0.05) is 40.7 Å². The fourth-order valence-corrected chi connectivity index (χ4v) is 5.06. The number of aromatic nitrogens is 2. The number of aryl methyl sites for hydroxylation is 1. The molecule has 1 aliphatic rings. The van der Waals surface area contributed by atoms with Gasteiger partial charge in [-0.3, -0.25) is 14.7 Å². The Bertz CT molecular complexity index is 1150. The number of likely N-dealkylation sites (tertiary alicyclic amines) is 1. The van der Waals surface area contributed by atoms with Crippen LogP contribution in [0.3, 0.4) is 0 Å². The molecule has 1 saturated heterocycles. The van der Waals surface area contributed by atoms with E-state index in [1.54, 1.807) is 0 Å². The van der Waals surface area contributed by atoms with Gasteiger partial charge in [-0.25, -0.2) is 0 Å². The summed E-state index contributed by atoms with van der Waals surface area (Å²) in [5, 5.41) is 4.42. The van der Waals surface area contributed by atoms with Gasteiger partial charge in [-0.15, -0.1) is 0 Å². The van der Waals surface area contributed by atoms with Crippen LogP contribution in [-0.2, 0) is 4.79 Å². The lowest BCUT2D eigenvalue weighted by molar-refractivity contribution is -0.122. The first-order chi connectivity index (χ1) is 16.1. The van der Waals surface area contributed by atoms with Crippen molar-refractivity contribution in [3.05, 3.63) is 53.3 Å². The summed E-state index contributed by atoms with van der Waals surface area (Å²) < 4.78 is 0. The monoisotopic (exact) mass is 460 g/mol. The van der Waals surface area contributed by atoms with Crippen LogP contribution < -0.4 is 5.32 Å². The molecule has 34 heavy (non-hydrogen) atoms. The number of benzene rings is 1. The Morgan fingerprint density at radius 2 is 1.91 bits per heavy atom. The van der Waals surface area contributed by atoms with Gasteiger partial charge in [-0.05, 0) is 85.5 Å². The molecule has 5 heteroatoms. The summed E-state index contributed by atoms with van der Waals surface area (Å²) in [6.07, 6.45) is 4.08. The smallest absolute Gasteiger partial charge is 0.234 e. The minimum atomic E-state index is 0.116. The maximum absolute atomic E-state index is 12.3. The number of H-pyrrole nitrogens is 1. The second kappa shape index (κ2) is 9.91. The van der Waals surface area contributed by atoms with Gasteiger partial charge in [0.15, 0.2) is 0 Å². The Morgan fingerprint density at radius 1 is 1.18 bits per heavy atom. The summed E-state index contributed by atoms with van der Waals surface area (Å²) in [6, 6.07) is 11.2. The lowest BCUT2D eigenvalue weighted by atomic mass is 9.87. The highest BCUT2D eigenvalue weighted by Gasteiger charge is 2.24. The number of aromatic amines is 1. The molecule has 1 aromatic carbocycles. The zero-order chi connectivity index (χ0) is 24.5. The van der Waals surface area contributed by atoms with Crippen LogP contribution in [0.2, 0.25) is 0 Å². The van der Waals surface area contributed by atoms with Crippen molar-refractivity contribution in [2.24, 2.45) is 5.41 Å². The van der Waals surface area contributed by atoms with Crippen LogP contribution in [0.1, 0.15) is 76.1 Å². The van der Waals surface area contributed by atoms with E-state index in [4.69, 9.17) is 0 Å². The number of hydrogen-bond donors (Lipinski definition) is 2. The zero-order valence-corrected chi connectivity index (χ0v) is 21.7. The average molecular weight is 461 g/mol. The van der Waals surface area contributed by atoms with Gasteiger partial charge >= 0.3 is 0 Å². The molecule has 0 bridgehead atoms. The summed E-state index contributed by atoms with van der Waals surface area (Å²) in [7, 11) is 0. The van der Waals surface area contributed by atoms with Gasteiger partial charge in [0.05, 0.1) is 12.2 Å². The first-order valence-corrected chi connectivity index (χ1v) is 12.7. The van der Waals surface area contributed by atoms with E-state index in [1.807, 2.05) is 13.1 Å². The summed E-state index contributed by atoms with van der Waals surface area (Å²) in [5.41, 5.74) is 7.56. The Balaban J connectivity index is 1.48. The Morgan fingerprint density at radius 3 is 2.56 bits per heavy atom. The Hall–Kier alpha value is -2.66. The van der Waals surface area contributed by atoms with Crippen molar-refractivity contribution >= 4 is 16.8 Å². The van der Waals surface area contributed by atoms with Crippen molar-refractivity contribution in [1.82, 2.24) is 20.2 Å². The van der Waals surface area contributed by atoms with Gasteiger partial charge < -0.3 is 10.3 Å². The molecule has 0 aliphatic carbocycles. The molecule has 182 valence electrons. The van der Waals surface area contributed by atoms with Crippen molar-refractivity contribution in [3.63, 3.8) is 0 Å². The Kier molecular flexibility index (Phi) is 7.13. The molecule has 3 aromatic rings. The fraction of sp³-hybridized carbons (Fsp3) is 0.517. The zero-order valence-electron chi connectivity index (χ0n) is 21.7. The van der Waals surface area contributed by atoms with E-state index in [9.17, 15) is 4.79 Å². The van der Waals surface area contributed by atoms with Crippen molar-refractivity contribution in [2.45, 2.75) is 66.2 Å². The summed E-state index contributed by atoms with van der Waals surface area (Å²) in [4.78, 5) is 22.7. The second-order valence-corrected chi connectivity index (χ2v) is 11.4. The molecule has 1 fully saturated rings. The highest BCUT2D eigenvalue weighted by molar-refractivity contribution is 5.92. The van der Waals surface area contributed by atoms with Crippen LogP contribution in [0.5, 0.6) is 0 Å². The number of nitrogens with zero attached hydrogens (tertiary/aromatic N) is 2. The predicted molar refractivity (Wildman–Crippen MR) is 141 cm³/mol. The van der Waals surface area contributed by atoms with Crippen LogP contribution in [-0.4, -0.2) is 47.0 Å². The number of carbonyl (C=O) groups is 1. The SMILES string of the molecule is Cc1cc(-c2[nH]c3ccc(C4CCN(CC(=O)NCC(C)(C)C)CC4)cc3c2C(C)C)ccn1. The van der Waals surface area contributed by atoms with Crippen molar-refractivity contribution in [1.29, 1.82) is 0 Å². The molecule has 0 unspecified atom stereocenters. The maximum atomic E-state index is 12.3. The number of hydrogen-bond acceptors (Lipinski definition) is 3. The summed E-state index contributed by atoms with van der Waals surface area (Å²) >= 11 is 0. The molecule has 1 aliphatic heterocycles. The fourth-order valence-electron chi connectivity index (χ4n) is 5.06. The van der Waals surface area contributed by atoms with E-state index in [-0.39, 0.29) is 11.3 Å². The highest BCUT2D eigenvalue weighted by atomic mass is 16.2. The molecule has 4 rings (SSSR count). The first kappa shape index (κ1) is 24.5. The third kappa shape index (κ3) is 5.69. The molecule has 5 nitrogen and oxygen atoms in total. The van der Waals surface area contributed by atoms with E-state index in [0.717, 1.165) is 38.2 Å². The van der Waals surface area contributed by atoms with Crippen LogP contribution >= 0.6 is 0 Å². The van der Waals surface area contributed by atoms with Gasteiger partial charge in [-0.2, -0.15) is 0 Å². The molecule has 0 radical (unpaired) electrons. The quantitative estimate of drug-likeness (QED) is 0.474. The van der Waals surface area contributed by atoms with Gasteiger partial charge in [0.25, 0.3) is 0 Å². The normalized spacial score (nSPS) is 15.9. The number of rotatable bonds is 6. The van der Waals surface area contributed by atoms with E-state index >= 15 is 0 Å². The lowest BCUT2D eigenvalue weighted by Crippen LogP contribution is -2.43. The van der Waals surface area contributed by atoms with Crippen molar-refractivity contribution < 1.29 is 4.79 Å².